The molecule has 0 bridgehead atoms. The quantitative estimate of drug-likeness (QED) is 0.820. The van der Waals surface area contributed by atoms with E-state index in [-0.39, 0.29) is 29.5 Å². The molecule has 0 radical (unpaired) electrons. The Balaban J connectivity index is 0.00000208. The van der Waals surface area contributed by atoms with Crippen molar-refractivity contribution in [1.82, 2.24) is 10.4 Å². The number of nitrogens with zero attached hydrogens (tertiary/aromatic N) is 1. The van der Waals surface area contributed by atoms with Crippen LogP contribution in [-0.4, -0.2) is 30.5 Å². The summed E-state index contributed by atoms with van der Waals surface area (Å²) in [6, 6.07) is 14.6. The molecule has 0 aliphatic carbocycles. The summed E-state index contributed by atoms with van der Waals surface area (Å²) in [5, 5.41) is 9.60. The lowest BCUT2D eigenvalue weighted by Crippen LogP contribution is -2.44. The van der Waals surface area contributed by atoms with Gasteiger partial charge in [0.2, 0.25) is 0 Å². The molecule has 3 rings (SSSR count). The fraction of sp³-hybridized carbons (Fsp3) is 0.176. The second-order valence-corrected chi connectivity index (χ2v) is 5.09. The maximum atomic E-state index is 12.0. The molecule has 7 heteroatoms. The van der Waals surface area contributed by atoms with Crippen molar-refractivity contribution in [2.45, 2.75) is 6.54 Å². The molecule has 2 aromatic rings. The maximum Gasteiger partial charge on any atom is 0.276 e. The van der Waals surface area contributed by atoms with Gasteiger partial charge in [-0.15, -0.1) is 17.0 Å². The van der Waals surface area contributed by atoms with Crippen molar-refractivity contribution >= 4 is 28.7 Å². The molecule has 0 spiro atoms. The molecule has 126 valence electrons. The van der Waals surface area contributed by atoms with Crippen molar-refractivity contribution in [3.8, 4) is 11.5 Å². The predicted molar refractivity (Wildman–Crippen MR) is 95.8 cm³/mol. The third-order valence-corrected chi connectivity index (χ3v) is 3.56. The smallest absolute Gasteiger partial charge is 0.276 e. The summed E-state index contributed by atoms with van der Waals surface area (Å²) < 4.78 is 10.5. The number of amides is 1. The second kappa shape index (κ2) is 7.83. The van der Waals surface area contributed by atoms with Gasteiger partial charge in [0.05, 0.1) is 13.7 Å². The van der Waals surface area contributed by atoms with E-state index >= 15 is 0 Å². The number of hydrogen-bond acceptors (Lipinski definition) is 4. The number of hydrogen-bond donors (Lipinski definition) is 2. The standard InChI is InChI=1S/C17H17N3O3.BrH/c1-22-13-6-8-14(9-7-13)23-11-16(21)19-20-10-12-4-2-3-5-15(12)17(20)18;/h2-9,18H,10-11H2,1H3,(H,19,21);1H. The highest BCUT2D eigenvalue weighted by atomic mass is 79.9. The van der Waals surface area contributed by atoms with Crippen LogP contribution >= 0.6 is 17.0 Å². The van der Waals surface area contributed by atoms with Gasteiger partial charge in [-0.05, 0) is 29.8 Å². The van der Waals surface area contributed by atoms with Crippen molar-refractivity contribution in [1.29, 1.82) is 5.41 Å². The molecule has 2 N–H and O–H groups in total. The summed E-state index contributed by atoms with van der Waals surface area (Å²) in [6.45, 7) is 0.371. The number of nitrogens with one attached hydrogen (secondary N) is 2. The van der Waals surface area contributed by atoms with Crippen LogP contribution < -0.4 is 14.9 Å². The molecule has 0 saturated carbocycles. The van der Waals surface area contributed by atoms with Crippen LogP contribution in [0.5, 0.6) is 11.5 Å². The highest BCUT2D eigenvalue weighted by Gasteiger charge is 2.24. The number of halogens is 1. The van der Waals surface area contributed by atoms with E-state index in [1.165, 1.54) is 5.01 Å². The highest BCUT2D eigenvalue weighted by Crippen LogP contribution is 2.20. The second-order valence-electron chi connectivity index (χ2n) is 5.09. The van der Waals surface area contributed by atoms with Gasteiger partial charge in [-0.1, -0.05) is 24.3 Å². The lowest BCUT2D eigenvalue weighted by atomic mass is 10.1. The van der Waals surface area contributed by atoms with Gasteiger partial charge >= 0.3 is 0 Å². The van der Waals surface area contributed by atoms with Gasteiger partial charge in [-0.2, -0.15) is 0 Å². The van der Waals surface area contributed by atoms with Gasteiger partial charge in [-0.25, -0.2) is 0 Å². The number of carbonyl (C=O) groups excluding carboxylic acids is 1. The minimum atomic E-state index is -0.307. The molecule has 1 aliphatic rings. The average Bonchev–Trinajstić information content (AvgIpc) is 2.90. The molecule has 1 aliphatic heterocycles. The molecule has 0 unspecified atom stereocenters. The highest BCUT2D eigenvalue weighted by molar-refractivity contribution is 8.93. The van der Waals surface area contributed by atoms with Gasteiger partial charge in [-0.3, -0.25) is 20.6 Å². The number of ether oxygens (including phenoxy) is 2. The average molecular weight is 392 g/mol. The summed E-state index contributed by atoms with van der Waals surface area (Å²) in [5.41, 5.74) is 4.55. The van der Waals surface area contributed by atoms with E-state index in [1.807, 2.05) is 24.3 Å². The lowest BCUT2D eigenvalue weighted by Gasteiger charge is -2.19. The Morgan fingerprint density at radius 1 is 1.17 bits per heavy atom. The van der Waals surface area contributed by atoms with Crippen LogP contribution in [0, 0.1) is 5.41 Å². The van der Waals surface area contributed by atoms with Crippen LogP contribution in [0.15, 0.2) is 48.5 Å². The van der Waals surface area contributed by atoms with E-state index in [1.54, 1.807) is 31.4 Å². The number of fused-ring (bicyclic) bond motifs is 1. The van der Waals surface area contributed by atoms with Crippen LogP contribution in [0.25, 0.3) is 0 Å². The zero-order chi connectivity index (χ0) is 16.2. The molecule has 0 aromatic heterocycles. The van der Waals surface area contributed by atoms with Crippen molar-refractivity contribution in [3.05, 3.63) is 59.7 Å². The monoisotopic (exact) mass is 391 g/mol. The van der Waals surface area contributed by atoms with Crippen molar-refractivity contribution in [3.63, 3.8) is 0 Å². The van der Waals surface area contributed by atoms with E-state index in [0.717, 1.165) is 16.9 Å². The summed E-state index contributed by atoms with van der Waals surface area (Å²) in [6.07, 6.45) is 0. The van der Waals surface area contributed by atoms with E-state index in [0.29, 0.717) is 18.1 Å². The van der Waals surface area contributed by atoms with Crippen LogP contribution in [0.4, 0.5) is 0 Å². The molecule has 1 heterocycles. The molecule has 24 heavy (non-hydrogen) atoms. The van der Waals surface area contributed by atoms with Crippen LogP contribution in [0.2, 0.25) is 0 Å². The Bertz CT molecular complexity index is 734. The van der Waals surface area contributed by atoms with E-state index in [4.69, 9.17) is 14.9 Å². The van der Waals surface area contributed by atoms with Gasteiger partial charge in [0.15, 0.2) is 6.61 Å². The summed E-state index contributed by atoms with van der Waals surface area (Å²) in [7, 11) is 1.59. The van der Waals surface area contributed by atoms with Crippen molar-refractivity contribution in [2.24, 2.45) is 0 Å². The van der Waals surface area contributed by atoms with Crippen LogP contribution in [0.3, 0.4) is 0 Å². The fourth-order valence-electron chi connectivity index (χ4n) is 2.38. The Morgan fingerprint density at radius 2 is 1.83 bits per heavy atom. The van der Waals surface area contributed by atoms with Crippen LogP contribution in [-0.2, 0) is 11.3 Å². The van der Waals surface area contributed by atoms with E-state index in [9.17, 15) is 4.79 Å². The first-order chi connectivity index (χ1) is 11.2. The number of carbonyl (C=O) groups is 1. The minimum Gasteiger partial charge on any atom is -0.497 e. The van der Waals surface area contributed by atoms with Crippen molar-refractivity contribution < 1.29 is 14.3 Å². The van der Waals surface area contributed by atoms with Crippen molar-refractivity contribution in [2.75, 3.05) is 13.7 Å². The molecule has 0 atom stereocenters. The molecular weight excluding hydrogens is 374 g/mol. The topological polar surface area (TPSA) is 74.7 Å². The predicted octanol–water partition coefficient (Wildman–Crippen LogP) is 2.52. The summed E-state index contributed by atoms with van der Waals surface area (Å²) in [5.74, 6) is 1.29. The molecule has 2 aromatic carbocycles. The summed E-state index contributed by atoms with van der Waals surface area (Å²) in [4.78, 5) is 12.0. The molecule has 0 saturated heterocycles. The van der Waals surface area contributed by atoms with Gasteiger partial charge in [0.25, 0.3) is 5.91 Å². The summed E-state index contributed by atoms with van der Waals surface area (Å²) >= 11 is 0. The van der Waals surface area contributed by atoms with E-state index in [2.05, 4.69) is 5.43 Å². The maximum absolute atomic E-state index is 12.0. The normalized spacial score (nSPS) is 12.2. The third kappa shape index (κ3) is 3.86. The first-order valence-corrected chi connectivity index (χ1v) is 7.18. The SMILES string of the molecule is Br.COc1ccc(OCC(=O)NN2Cc3ccccc3C2=N)cc1. The molecule has 6 nitrogen and oxygen atoms in total. The number of hydrazine groups is 1. The minimum absolute atomic E-state index is 0. The molecule has 1 amide bonds. The number of rotatable bonds is 5. The fourth-order valence-corrected chi connectivity index (χ4v) is 2.38. The lowest BCUT2D eigenvalue weighted by molar-refractivity contribution is -0.126. The zero-order valence-electron chi connectivity index (χ0n) is 13.1. The van der Waals surface area contributed by atoms with Gasteiger partial charge in [0.1, 0.15) is 17.3 Å². The van der Waals surface area contributed by atoms with Crippen LogP contribution in [0.1, 0.15) is 11.1 Å². The van der Waals surface area contributed by atoms with E-state index < -0.39 is 0 Å². The van der Waals surface area contributed by atoms with Gasteiger partial charge in [0, 0.05) is 5.56 Å². The Hall–Kier alpha value is -2.54. The Labute approximate surface area is 150 Å². The number of benzene rings is 2. The number of amidine groups is 1. The number of methoxy groups -OCH3 is 1. The molecule has 0 fully saturated rings. The Kier molecular flexibility index (Phi) is 5.81. The molecular formula is C17H18BrN3O3. The largest absolute Gasteiger partial charge is 0.497 e. The first-order valence-electron chi connectivity index (χ1n) is 7.18. The third-order valence-electron chi connectivity index (χ3n) is 3.56. The Morgan fingerprint density at radius 3 is 2.50 bits per heavy atom. The first kappa shape index (κ1) is 17.8. The zero-order valence-corrected chi connectivity index (χ0v) is 14.8. The van der Waals surface area contributed by atoms with Gasteiger partial charge < -0.3 is 9.47 Å².